The van der Waals surface area contributed by atoms with Crippen LogP contribution in [0.25, 0.3) is 0 Å². The SMILES string of the molecule is C=C(O)C(=C\C(=C/C)C(C)(C)C)/C=N/NC(=O)CN(C)CCN(C)Cc1ccc(C(C)C)cc1. The summed E-state index contributed by atoms with van der Waals surface area (Å²) in [6, 6.07) is 8.76. The highest BCUT2D eigenvalue weighted by Crippen LogP contribution is 2.27. The van der Waals surface area contributed by atoms with E-state index in [9.17, 15) is 9.90 Å². The molecule has 0 aliphatic rings. The van der Waals surface area contributed by atoms with Crippen molar-refractivity contribution in [3.63, 3.8) is 0 Å². The molecule has 0 aliphatic heterocycles. The van der Waals surface area contributed by atoms with Crippen molar-refractivity contribution in [3.05, 3.63) is 71.0 Å². The number of hydrogen-bond donors (Lipinski definition) is 2. The Bertz CT molecular complexity index is 890. The van der Waals surface area contributed by atoms with Gasteiger partial charge in [0.05, 0.1) is 12.8 Å². The number of rotatable bonds is 12. The van der Waals surface area contributed by atoms with Crippen LogP contribution in [0.5, 0.6) is 0 Å². The molecule has 1 amide bonds. The molecule has 0 saturated carbocycles. The van der Waals surface area contributed by atoms with Crippen molar-refractivity contribution >= 4 is 12.1 Å². The van der Waals surface area contributed by atoms with E-state index in [4.69, 9.17) is 0 Å². The molecule has 0 spiro atoms. The molecule has 1 aromatic rings. The van der Waals surface area contributed by atoms with Crippen molar-refractivity contribution in [2.45, 2.75) is 54.0 Å². The number of likely N-dealkylation sites (N-methyl/N-ethyl adjacent to an activating group) is 2. The number of hydrazone groups is 1. The molecule has 0 atom stereocenters. The number of nitrogens with zero attached hydrogens (tertiary/aromatic N) is 3. The Kier molecular flexibility index (Phi) is 12.0. The topological polar surface area (TPSA) is 68.2 Å². The van der Waals surface area contributed by atoms with E-state index in [0.717, 1.165) is 25.2 Å². The van der Waals surface area contributed by atoms with Crippen molar-refractivity contribution < 1.29 is 9.90 Å². The molecule has 1 aromatic carbocycles. The van der Waals surface area contributed by atoms with Gasteiger partial charge in [-0.05, 0) is 55.1 Å². The van der Waals surface area contributed by atoms with E-state index in [0.29, 0.717) is 11.5 Å². The highest BCUT2D eigenvalue weighted by molar-refractivity contribution is 5.86. The number of hydrogen-bond acceptors (Lipinski definition) is 5. The minimum Gasteiger partial charge on any atom is -0.508 e. The number of amides is 1. The minimum absolute atomic E-state index is 0.0834. The Hall–Kier alpha value is -2.70. The van der Waals surface area contributed by atoms with Crippen molar-refractivity contribution in [2.75, 3.05) is 33.7 Å². The number of nitrogens with one attached hydrogen (secondary N) is 1. The van der Waals surface area contributed by atoms with Gasteiger partial charge < -0.3 is 10.0 Å². The molecule has 34 heavy (non-hydrogen) atoms. The Morgan fingerprint density at radius 1 is 1.15 bits per heavy atom. The largest absolute Gasteiger partial charge is 0.508 e. The molecule has 0 aromatic heterocycles. The van der Waals surface area contributed by atoms with E-state index in [1.165, 1.54) is 17.3 Å². The van der Waals surface area contributed by atoms with Gasteiger partial charge in [0, 0.05) is 25.2 Å². The van der Waals surface area contributed by atoms with Gasteiger partial charge in [0.25, 0.3) is 5.91 Å². The Labute approximate surface area is 206 Å². The second-order valence-electron chi connectivity index (χ2n) is 10.2. The lowest BCUT2D eigenvalue weighted by atomic mass is 9.85. The summed E-state index contributed by atoms with van der Waals surface area (Å²) in [7, 11) is 4.00. The predicted molar refractivity (Wildman–Crippen MR) is 144 cm³/mol. The third-order valence-electron chi connectivity index (χ3n) is 5.59. The lowest BCUT2D eigenvalue weighted by Crippen LogP contribution is -2.37. The number of carbonyl (C=O) groups is 1. The highest BCUT2D eigenvalue weighted by atomic mass is 16.3. The van der Waals surface area contributed by atoms with Crippen LogP contribution in [0.15, 0.2) is 65.0 Å². The van der Waals surface area contributed by atoms with Gasteiger partial charge in [0.1, 0.15) is 5.76 Å². The van der Waals surface area contributed by atoms with Crippen molar-refractivity contribution in [1.82, 2.24) is 15.2 Å². The van der Waals surface area contributed by atoms with Crippen LogP contribution in [0.2, 0.25) is 0 Å². The average Bonchev–Trinajstić information content (AvgIpc) is 2.73. The van der Waals surface area contributed by atoms with Crippen LogP contribution in [-0.2, 0) is 11.3 Å². The summed E-state index contributed by atoms with van der Waals surface area (Å²) in [5, 5.41) is 13.9. The van der Waals surface area contributed by atoms with Gasteiger partial charge in [0.2, 0.25) is 0 Å². The van der Waals surface area contributed by atoms with Gasteiger partial charge >= 0.3 is 0 Å². The Balaban J connectivity index is 2.52. The monoisotopic (exact) mass is 468 g/mol. The lowest BCUT2D eigenvalue weighted by Gasteiger charge is -2.21. The van der Waals surface area contributed by atoms with Gasteiger partial charge in [-0.1, -0.05) is 71.5 Å². The van der Waals surface area contributed by atoms with Gasteiger partial charge in [-0.3, -0.25) is 9.69 Å². The van der Waals surface area contributed by atoms with E-state index in [1.807, 2.05) is 31.0 Å². The van der Waals surface area contributed by atoms with Gasteiger partial charge in [0.15, 0.2) is 0 Å². The number of aliphatic hydroxyl groups is 1. The second kappa shape index (κ2) is 13.9. The van der Waals surface area contributed by atoms with E-state index in [2.05, 4.69) is 87.9 Å². The maximum Gasteiger partial charge on any atom is 0.254 e. The normalized spacial score (nSPS) is 13.4. The molecule has 1 rings (SSSR count). The van der Waals surface area contributed by atoms with Crippen molar-refractivity contribution in [3.8, 4) is 0 Å². The lowest BCUT2D eigenvalue weighted by molar-refractivity contribution is -0.121. The molecular formula is C28H44N4O2. The number of aliphatic hydroxyl groups excluding tert-OH is 1. The zero-order valence-electron chi connectivity index (χ0n) is 22.4. The first kappa shape index (κ1) is 29.3. The summed E-state index contributed by atoms with van der Waals surface area (Å²) in [5.41, 5.74) is 6.58. The Morgan fingerprint density at radius 2 is 1.74 bits per heavy atom. The molecule has 0 fully saturated rings. The summed E-state index contributed by atoms with van der Waals surface area (Å²) in [6.07, 6.45) is 5.24. The fourth-order valence-electron chi connectivity index (χ4n) is 3.37. The quantitative estimate of drug-likeness (QED) is 0.190. The van der Waals surface area contributed by atoms with Crippen LogP contribution in [0.1, 0.15) is 58.6 Å². The van der Waals surface area contributed by atoms with Crippen molar-refractivity contribution in [1.29, 1.82) is 0 Å². The maximum absolute atomic E-state index is 12.3. The zero-order valence-corrected chi connectivity index (χ0v) is 22.4. The van der Waals surface area contributed by atoms with Crippen LogP contribution in [0.3, 0.4) is 0 Å². The summed E-state index contributed by atoms with van der Waals surface area (Å²) < 4.78 is 0. The molecule has 0 heterocycles. The summed E-state index contributed by atoms with van der Waals surface area (Å²) in [4.78, 5) is 16.5. The molecule has 0 unspecified atom stereocenters. The third-order valence-corrected chi connectivity index (χ3v) is 5.59. The molecule has 0 aliphatic carbocycles. The van der Waals surface area contributed by atoms with Gasteiger partial charge in [-0.25, -0.2) is 5.43 Å². The van der Waals surface area contributed by atoms with Gasteiger partial charge in [-0.15, -0.1) is 0 Å². The molecule has 0 radical (unpaired) electrons. The number of carbonyl (C=O) groups excluding carboxylic acids is 1. The minimum atomic E-state index is -0.212. The summed E-state index contributed by atoms with van der Waals surface area (Å²) in [6.45, 7) is 18.9. The Morgan fingerprint density at radius 3 is 2.24 bits per heavy atom. The van der Waals surface area contributed by atoms with Crippen LogP contribution in [0, 0.1) is 5.41 Å². The molecule has 188 valence electrons. The average molecular weight is 469 g/mol. The van der Waals surface area contributed by atoms with Crippen LogP contribution < -0.4 is 5.43 Å². The third kappa shape index (κ3) is 10.9. The van der Waals surface area contributed by atoms with Crippen LogP contribution in [0.4, 0.5) is 0 Å². The predicted octanol–water partition coefficient (Wildman–Crippen LogP) is 5.27. The smallest absolute Gasteiger partial charge is 0.254 e. The first-order chi connectivity index (χ1) is 15.8. The van der Waals surface area contributed by atoms with Crippen molar-refractivity contribution in [2.24, 2.45) is 10.5 Å². The second-order valence-corrected chi connectivity index (χ2v) is 10.2. The fraction of sp³-hybridized carbons (Fsp3) is 0.500. The van der Waals surface area contributed by atoms with Gasteiger partial charge in [-0.2, -0.15) is 5.10 Å². The first-order valence-electron chi connectivity index (χ1n) is 11.9. The molecular weight excluding hydrogens is 424 g/mol. The molecule has 6 heteroatoms. The molecule has 0 bridgehead atoms. The van der Waals surface area contributed by atoms with Crippen LogP contribution >= 0.6 is 0 Å². The van der Waals surface area contributed by atoms with E-state index in [1.54, 1.807) is 0 Å². The van der Waals surface area contributed by atoms with E-state index < -0.39 is 0 Å². The number of benzene rings is 1. The molecule has 2 N–H and O–H groups in total. The standard InChI is InChI=1S/C28H44N4O2/c1-10-26(28(5,6)7)17-25(22(4)33)18-29-30-27(34)20-32(9)16-15-31(8)19-23-11-13-24(14-12-23)21(2)3/h10-14,17-18,21,33H,4,15-16,19-20H2,1-3,5-9H3,(H,30,34)/b25-17-,26-10+,29-18+. The first-order valence-corrected chi connectivity index (χ1v) is 11.9. The highest BCUT2D eigenvalue weighted by Gasteiger charge is 2.15. The summed E-state index contributed by atoms with van der Waals surface area (Å²) >= 11 is 0. The molecule has 6 nitrogen and oxygen atoms in total. The zero-order chi connectivity index (χ0) is 25.9. The number of allylic oxidation sites excluding steroid dienone is 4. The van der Waals surface area contributed by atoms with E-state index in [-0.39, 0.29) is 23.6 Å². The summed E-state index contributed by atoms with van der Waals surface area (Å²) in [5.74, 6) is 0.228. The fourth-order valence-corrected chi connectivity index (χ4v) is 3.37. The van der Waals surface area contributed by atoms with E-state index >= 15 is 0 Å². The van der Waals surface area contributed by atoms with Crippen LogP contribution in [-0.4, -0.2) is 60.8 Å². The maximum atomic E-state index is 12.3. The molecule has 0 saturated heterocycles.